The first-order valence-corrected chi connectivity index (χ1v) is 6.30. The zero-order valence-electron chi connectivity index (χ0n) is 8.96. The smallest absolute Gasteiger partial charge is 0.330 e. The molecule has 5 nitrogen and oxygen atoms in total. The Morgan fingerprint density at radius 1 is 1.38 bits per heavy atom. The fourth-order valence-corrected chi connectivity index (χ4v) is 1.78. The summed E-state index contributed by atoms with van der Waals surface area (Å²) in [5.74, 6) is -0.505. The van der Waals surface area contributed by atoms with Gasteiger partial charge in [0.05, 0.1) is 6.61 Å². The molecule has 0 aromatic rings. The third kappa shape index (κ3) is 6.36. The molecule has 0 spiro atoms. The molecule has 0 fully saturated rings. The number of carbonyl (C=O) groups is 1. The Morgan fingerprint density at radius 2 is 2.00 bits per heavy atom. The van der Waals surface area contributed by atoms with E-state index in [0.717, 1.165) is 6.08 Å². The summed E-state index contributed by atoms with van der Waals surface area (Å²) in [4.78, 5) is 10.6. The van der Waals surface area contributed by atoms with Crippen molar-refractivity contribution in [1.82, 2.24) is 0 Å². The van der Waals surface area contributed by atoms with Crippen LogP contribution in [0.25, 0.3) is 0 Å². The highest BCUT2D eigenvalue weighted by atomic mass is 32.2. The molecule has 0 bridgehead atoms. The van der Waals surface area contributed by atoms with Gasteiger partial charge >= 0.3 is 5.97 Å². The number of unbranched alkanes of at least 4 members (excludes halogenated alkanes) is 1. The van der Waals surface area contributed by atoms with Crippen LogP contribution >= 0.6 is 0 Å². The zero-order valence-corrected chi connectivity index (χ0v) is 9.78. The van der Waals surface area contributed by atoms with E-state index in [4.69, 9.17) is 9.29 Å². The molecule has 1 N–H and O–H groups in total. The standard InChI is InChI=1S/C10H16O5S/c1-3-9(16(12,13)14)7-5-6-8-15-10(11)4-2/h3-4,9H,1-2,5-8H2,(H,12,13,14). The van der Waals surface area contributed by atoms with Crippen molar-refractivity contribution in [3.8, 4) is 0 Å². The Balaban J connectivity index is 3.77. The van der Waals surface area contributed by atoms with Crippen LogP contribution in [-0.4, -0.2) is 30.8 Å². The Morgan fingerprint density at radius 3 is 2.44 bits per heavy atom. The SMILES string of the molecule is C=CC(=O)OCCCCC(C=C)S(=O)(=O)O. The molecule has 0 heterocycles. The molecule has 0 aliphatic heterocycles. The predicted octanol–water partition coefficient (Wildman–Crippen LogP) is 1.33. The van der Waals surface area contributed by atoms with E-state index in [9.17, 15) is 13.2 Å². The lowest BCUT2D eigenvalue weighted by Gasteiger charge is -2.08. The van der Waals surface area contributed by atoms with E-state index < -0.39 is 21.3 Å². The van der Waals surface area contributed by atoms with Crippen LogP contribution in [-0.2, 0) is 19.6 Å². The third-order valence-corrected chi connectivity index (χ3v) is 3.13. The maximum Gasteiger partial charge on any atom is 0.330 e. The maximum atomic E-state index is 10.8. The van der Waals surface area contributed by atoms with Gasteiger partial charge in [0.15, 0.2) is 0 Å². The first kappa shape index (κ1) is 14.9. The van der Waals surface area contributed by atoms with Crippen molar-refractivity contribution in [2.75, 3.05) is 6.61 Å². The predicted molar refractivity (Wildman–Crippen MR) is 60.5 cm³/mol. The zero-order chi connectivity index (χ0) is 12.6. The van der Waals surface area contributed by atoms with Gasteiger partial charge in [0.25, 0.3) is 10.1 Å². The summed E-state index contributed by atoms with van der Waals surface area (Å²) in [6.07, 6.45) is 3.55. The molecule has 0 saturated heterocycles. The van der Waals surface area contributed by atoms with Crippen LogP contribution in [0.15, 0.2) is 25.3 Å². The lowest BCUT2D eigenvalue weighted by molar-refractivity contribution is -0.137. The van der Waals surface area contributed by atoms with Crippen molar-refractivity contribution in [2.45, 2.75) is 24.5 Å². The largest absolute Gasteiger partial charge is 0.463 e. The second-order valence-electron chi connectivity index (χ2n) is 3.16. The van der Waals surface area contributed by atoms with E-state index in [1.54, 1.807) is 0 Å². The molecule has 6 heteroatoms. The quantitative estimate of drug-likeness (QED) is 0.230. The second kappa shape index (κ2) is 7.19. The highest BCUT2D eigenvalue weighted by Gasteiger charge is 2.18. The van der Waals surface area contributed by atoms with Crippen LogP contribution < -0.4 is 0 Å². The molecule has 0 radical (unpaired) electrons. The van der Waals surface area contributed by atoms with Crippen molar-refractivity contribution in [3.63, 3.8) is 0 Å². The molecule has 16 heavy (non-hydrogen) atoms. The highest BCUT2D eigenvalue weighted by Crippen LogP contribution is 2.10. The van der Waals surface area contributed by atoms with Gasteiger partial charge in [-0.3, -0.25) is 4.55 Å². The average molecular weight is 248 g/mol. The minimum atomic E-state index is -4.07. The van der Waals surface area contributed by atoms with Crippen LogP contribution in [0.2, 0.25) is 0 Å². The first-order valence-electron chi connectivity index (χ1n) is 4.80. The Bertz CT molecular complexity index is 344. The van der Waals surface area contributed by atoms with Gasteiger partial charge in [-0.25, -0.2) is 4.79 Å². The fraction of sp³-hybridized carbons (Fsp3) is 0.500. The number of hydrogen-bond donors (Lipinski definition) is 1. The summed E-state index contributed by atoms with van der Waals surface area (Å²) in [5, 5.41) is -0.956. The Kier molecular flexibility index (Phi) is 6.67. The third-order valence-electron chi connectivity index (χ3n) is 1.94. The van der Waals surface area contributed by atoms with Crippen molar-refractivity contribution in [2.24, 2.45) is 0 Å². The Hall–Kier alpha value is -1.14. The van der Waals surface area contributed by atoms with Gasteiger partial charge < -0.3 is 4.74 Å². The number of carbonyl (C=O) groups excluding carboxylic acids is 1. The van der Waals surface area contributed by atoms with Crippen LogP contribution in [0.5, 0.6) is 0 Å². The van der Waals surface area contributed by atoms with Gasteiger partial charge in [0.1, 0.15) is 5.25 Å². The van der Waals surface area contributed by atoms with Gasteiger partial charge in [-0.2, -0.15) is 8.42 Å². The molecular weight excluding hydrogens is 232 g/mol. The highest BCUT2D eigenvalue weighted by molar-refractivity contribution is 7.86. The van der Waals surface area contributed by atoms with Crippen LogP contribution in [0.1, 0.15) is 19.3 Å². The monoisotopic (exact) mass is 248 g/mol. The summed E-state index contributed by atoms with van der Waals surface area (Å²) in [5.41, 5.74) is 0. The first-order chi connectivity index (χ1) is 7.41. The van der Waals surface area contributed by atoms with Gasteiger partial charge in [-0.15, -0.1) is 6.58 Å². The molecule has 0 aromatic heterocycles. The molecule has 1 atom stereocenters. The summed E-state index contributed by atoms with van der Waals surface area (Å²) in [6, 6.07) is 0. The van der Waals surface area contributed by atoms with E-state index in [1.807, 2.05) is 0 Å². The molecule has 0 aliphatic rings. The summed E-state index contributed by atoms with van der Waals surface area (Å²) in [6.45, 7) is 6.77. The van der Waals surface area contributed by atoms with E-state index in [-0.39, 0.29) is 13.0 Å². The lowest BCUT2D eigenvalue weighted by atomic mass is 10.2. The topological polar surface area (TPSA) is 80.7 Å². The molecule has 92 valence electrons. The molecular formula is C10H16O5S. The Labute approximate surface area is 95.5 Å². The van der Waals surface area contributed by atoms with Gasteiger partial charge in [-0.05, 0) is 19.3 Å². The molecule has 0 amide bonds. The molecule has 0 saturated carbocycles. The van der Waals surface area contributed by atoms with E-state index in [0.29, 0.717) is 12.8 Å². The summed E-state index contributed by atoms with van der Waals surface area (Å²) < 4.78 is 35.0. The van der Waals surface area contributed by atoms with Crippen molar-refractivity contribution in [3.05, 3.63) is 25.3 Å². The lowest BCUT2D eigenvalue weighted by Crippen LogP contribution is -2.17. The minimum Gasteiger partial charge on any atom is -0.463 e. The van der Waals surface area contributed by atoms with Crippen LogP contribution in [0.4, 0.5) is 0 Å². The van der Waals surface area contributed by atoms with E-state index in [1.165, 1.54) is 6.08 Å². The maximum absolute atomic E-state index is 10.8. The summed E-state index contributed by atoms with van der Waals surface area (Å²) in [7, 11) is -4.07. The number of rotatable bonds is 8. The van der Waals surface area contributed by atoms with Gasteiger partial charge in [0, 0.05) is 6.08 Å². The summed E-state index contributed by atoms with van der Waals surface area (Å²) >= 11 is 0. The van der Waals surface area contributed by atoms with Crippen molar-refractivity contribution < 1.29 is 22.5 Å². The number of ether oxygens (including phenoxy) is 1. The van der Waals surface area contributed by atoms with Crippen LogP contribution in [0, 0.1) is 0 Å². The van der Waals surface area contributed by atoms with Gasteiger partial charge in [-0.1, -0.05) is 12.7 Å². The molecule has 0 rings (SSSR count). The van der Waals surface area contributed by atoms with Gasteiger partial charge in [0.2, 0.25) is 0 Å². The van der Waals surface area contributed by atoms with E-state index in [2.05, 4.69) is 13.2 Å². The fourth-order valence-electron chi connectivity index (χ4n) is 1.07. The molecule has 0 aliphatic carbocycles. The second-order valence-corrected chi connectivity index (χ2v) is 4.79. The van der Waals surface area contributed by atoms with Crippen molar-refractivity contribution >= 4 is 16.1 Å². The molecule has 1 unspecified atom stereocenters. The number of hydrogen-bond acceptors (Lipinski definition) is 4. The normalized spacial score (nSPS) is 12.8. The minimum absolute atomic E-state index is 0.209. The van der Waals surface area contributed by atoms with Crippen LogP contribution in [0.3, 0.4) is 0 Å². The number of esters is 1. The average Bonchev–Trinajstić information content (AvgIpc) is 2.20. The molecule has 0 aromatic carbocycles. The van der Waals surface area contributed by atoms with E-state index >= 15 is 0 Å². The van der Waals surface area contributed by atoms with Crippen molar-refractivity contribution in [1.29, 1.82) is 0 Å².